The van der Waals surface area contributed by atoms with Gasteiger partial charge in [-0.2, -0.15) is 0 Å². The first-order valence-electron chi connectivity index (χ1n) is 11.8. The van der Waals surface area contributed by atoms with Crippen molar-refractivity contribution in [1.29, 1.82) is 0 Å². The quantitative estimate of drug-likeness (QED) is 0.307. The molecule has 206 valence electrons. The van der Waals surface area contributed by atoms with Crippen LogP contribution in [-0.2, 0) is 24.3 Å². The van der Waals surface area contributed by atoms with Crippen molar-refractivity contribution < 1.29 is 32.3 Å². The van der Waals surface area contributed by atoms with E-state index in [1.54, 1.807) is 55.5 Å². The molecule has 3 aromatic rings. The summed E-state index contributed by atoms with van der Waals surface area (Å²) in [5, 5.41) is 5.02. The predicted molar refractivity (Wildman–Crippen MR) is 145 cm³/mol. The molecule has 0 aliphatic rings. The van der Waals surface area contributed by atoms with Crippen LogP contribution in [-0.4, -0.2) is 51.3 Å². The Balaban J connectivity index is 1.63. The van der Waals surface area contributed by atoms with Crippen LogP contribution >= 0.6 is 0 Å². The number of aryl methyl sites for hydroxylation is 1. The number of rotatable bonds is 11. The lowest BCUT2D eigenvalue weighted by Gasteiger charge is -2.18. The second-order valence-corrected chi connectivity index (χ2v) is 10.8. The van der Waals surface area contributed by atoms with Crippen molar-refractivity contribution in [3.63, 3.8) is 0 Å². The summed E-state index contributed by atoms with van der Waals surface area (Å²) in [6.45, 7) is 1.02. The van der Waals surface area contributed by atoms with E-state index in [1.165, 1.54) is 20.2 Å². The number of amides is 3. The van der Waals surface area contributed by atoms with E-state index < -0.39 is 40.6 Å². The number of carbonyl (C=O) groups is 3. The lowest BCUT2D eigenvalue weighted by Crippen LogP contribution is -2.35. The Morgan fingerprint density at radius 1 is 0.949 bits per heavy atom. The van der Waals surface area contributed by atoms with E-state index in [-0.39, 0.29) is 17.0 Å². The molecule has 0 bridgehead atoms. The number of nitrogens with two attached hydrogens (primary N) is 1. The van der Waals surface area contributed by atoms with Gasteiger partial charge in [0.15, 0.2) is 6.61 Å². The highest BCUT2D eigenvalue weighted by molar-refractivity contribution is 7.89. The van der Waals surface area contributed by atoms with E-state index in [1.807, 2.05) is 18.2 Å². The second-order valence-electron chi connectivity index (χ2n) is 8.73. The van der Waals surface area contributed by atoms with Crippen molar-refractivity contribution in [2.24, 2.45) is 5.73 Å². The van der Waals surface area contributed by atoms with Crippen molar-refractivity contribution in [3.05, 3.63) is 83.9 Å². The number of esters is 1. The lowest BCUT2D eigenvalue weighted by molar-refractivity contribution is -0.147. The van der Waals surface area contributed by atoms with Gasteiger partial charge in [0.05, 0.1) is 17.4 Å². The van der Waals surface area contributed by atoms with Crippen LogP contribution in [0.5, 0.6) is 11.5 Å². The maximum atomic E-state index is 12.5. The first kappa shape index (κ1) is 29.1. The van der Waals surface area contributed by atoms with Gasteiger partial charge >= 0.3 is 12.0 Å². The smallest absolute Gasteiger partial charge is 0.312 e. The average Bonchev–Trinajstić information content (AvgIpc) is 2.88. The van der Waals surface area contributed by atoms with Crippen molar-refractivity contribution >= 4 is 33.6 Å². The molecule has 39 heavy (non-hydrogen) atoms. The Labute approximate surface area is 227 Å². The van der Waals surface area contributed by atoms with Crippen LogP contribution in [0.15, 0.2) is 77.7 Å². The maximum Gasteiger partial charge on any atom is 0.312 e. The predicted octanol–water partition coefficient (Wildman–Crippen LogP) is 3.32. The van der Waals surface area contributed by atoms with Gasteiger partial charge in [-0.25, -0.2) is 17.5 Å². The number of hydrogen-bond donors (Lipinski definition) is 3. The van der Waals surface area contributed by atoms with Crippen LogP contribution in [0.4, 0.5) is 10.5 Å². The molecule has 0 unspecified atom stereocenters. The molecule has 0 saturated heterocycles. The molecular weight excluding hydrogens is 524 g/mol. The number of para-hydroxylation sites is 1. The first-order valence-corrected chi connectivity index (χ1v) is 13.3. The van der Waals surface area contributed by atoms with Gasteiger partial charge in [0.1, 0.15) is 11.5 Å². The minimum atomic E-state index is -3.72. The van der Waals surface area contributed by atoms with E-state index in [0.29, 0.717) is 22.6 Å². The number of hydrogen-bond acceptors (Lipinski definition) is 7. The number of benzene rings is 3. The third-order valence-corrected chi connectivity index (χ3v) is 7.48. The van der Waals surface area contributed by atoms with Gasteiger partial charge < -0.3 is 25.8 Å². The van der Waals surface area contributed by atoms with E-state index in [9.17, 15) is 22.8 Å². The fraction of sp³-hybridized carbons (Fsp3) is 0.222. The molecular formula is C27H30N4O7S. The number of ether oxygens (including phenoxy) is 2. The largest absolute Gasteiger partial charge is 0.457 e. The minimum Gasteiger partial charge on any atom is -0.457 e. The maximum absolute atomic E-state index is 12.5. The minimum absolute atomic E-state index is 0.0427. The van der Waals surface area contributed by atoms with Crippen molar-refractivity contribution in [3.8, 4) is 11.5 Å². The summed E-state index contributed by atoms with van der Waals surface area (Å²) in [5.74, 6) is -0.341. The topological polar surface area (TPSA) is 157 Å². The zero-order valence-electron chi connectivity index (χ0n) is 21.7. The van der Waals surface area contributed by atoms with Crippen LogP contribution in [0.2, 0.25) is 0 Å². The molecule has 0 radical (unpaired) electrons. The molecule has 0 heterocycles. The highest BCUT2D eigenvalue weighted by Crippen LogP contribution is 2.26. The van der Waals surface area contributed by atoms with Gasteiger partial charge in [0, 0.05) is 19.8 Å². The molecule has 12 heteroatoms. The monoisotopic (exact) mass is 554 g/mol. The summed E-state index contributed by atoms with van der Waals surface area (Å²) in [5.41, 5.74) is 6.59. The molecule has 0 saturated carbocycles. The Morgan fingerprint density at radius 3 is 2.31 bits per heavy atom. The Kier molecular flexibility index (Phi) is 9.63. The van der Waals surface area contributed by atoms with E-state index in [0.717, 1.165) is 4.31 Å². The number of nitrogens with one attached hydrogen (secondary N) is 2. The van der Waals surface area contributed by atoms with Crippen molar-refractivity contribution in [2.75, 3.05) is 26.0 Å². The molecule has 0 aromatic heterocycles. The summed E-state index contributed by atoms with van der Waals surface area (Å²) in [7, 11) is -0.901. The Morgan fingerprint density at radius 2 is 1.64 bits per heavy atom. The third kappa shape index (κ3) is 8.28. The first-order chi connectivity index (χ1) is 18.5. The molecule has 11 nitrogen and oxygen atoms in total. The van der Waals surface area contributed by atoms with Crippen LogP contribution in [0.1, 0.15) is 23.6 Å². The van der Waals surface area contributed by atoms with Gasteiger partial charge in [-0.3, -0.25) is 9.59 Å². The fourth-order valence-corrected chi connectivity index (χ4v) is 4.71. The average molecular weight is 555 g/mol. The van der Waals surface area contributed by atoms with E-state index in [2.05, 4.69) is 10.6 Å². The number of primary amides is 1. The van der Waals surface area contributed by atoms with E-state index >= 15 is 0 Å². The van der Waals surface area contributed by atoms with Crippen molar-refractivity contribution in [1.82, 2.24) is 9.62 Å². The molecule has 4 N–H and O–H groups in total. The molecule has 0 aliphatic heterocycles. The Hall–Kier alpha value is -4.42. The van der Waals surface area contributed by atoms with Crippen LogP contribution in [0, 0.1) is 6.92 Å². The highest BCUT2D eigenvalue weighted by atomic mass is 32.2. The molecule has 3 aromatic carbocycles. The lowest BCUT2D eigenvalue weighted by atomic mass is 10.0. The van der Waals surface area contributed by atoms with Gasteiger partial charge in [-0.05, 0) is 54.4 Å². The number of nitrogens with zero attached hydrogens (tertiary/aromatic N) is 1. The molecule has 0 spiro atoms. The van der Waals surface area contributed by atoms with Crippen molar-refractivity contribution in [2.45, 2.75) is 24.3 Å². The SMILES string of the molecule is Cc1ccc(NC(=O)COC(=O)C[C@@H](NC(N)=O)c2cccc(Oc3ccccc3)c2)cc1S(=O)(=O)N(C)C. The number of anilines is 1. The molecule has 1 atom stereocenters. The van der Waals surface area contributed by atoms with E-state index in [4.69, 9.17) is 15.2 Å². The Bertz CT molecular complexity index is 1440. The summed E-state index contributed by atoms with van der Waals surface area (Å²) in [6, 6.07) is 18.6. The summed E-state index contributed by atoms with van der Waals surface area (Å²) >= 11 is 0. The van der Waals surface area contributed by atoms with Crippen LogP contribution in [0.25, 0.3) is 0 Å². The normalized spacial score (nSPS) is 11.9. The molecule has 3 rings (SSSR count). The van der Waals surface area contributed by atoms with Crippen LogP contribution < -0.4 is 21.1 Å². The number of sulfonamides is 1. The van der Waals surface area contributed by atoms with Gasteiger partial charge in [-0.15, -0.1) is 0 Å². The summed E-state index contributed by atoms with van der Waals surface area (Å²) < 4.78 is 37.0. The van der Waals surface area contributed by atoms with Crippen LogP contribution in [0.3, 0.4) is 0 Å². The summed E-state index contributed by atoms with van der Waals surface area (Å²) in [6.07, 6.45) is -0.305. The number of urea groups is 1. The zero-order chi connectivity index (χ0) is 28.6. The fourth-order valence-electron chi connectivity index (χ4n) is 3.56. The van der Waals surface area contributed by atoms with Gasteiger partial charge in [0.2, 0.25) is 10.0 Å². The summed E-state index contributed by atoms with van der Waals surface area (Å²) in [4.78, 5) is 36.6. The number of carbonyl (C=O) groups excluding carboxylic acids is 3. The molecule has 0 fully saturated rings. The standard InChI is InChI=1S/C27H30N4O7S/c1-18-12-13-20(15-24(18)39(35,36)31(2)3)29-25(32)17-37-26(33)16-23(30-27(28)34)19-8-7-11-22(14-19)38-21-9-5-4-6-10-21/h4-15,23H,16-17H2,1-3H3,(H,29,32)(H3,28,30,34)/t23-/m1/s1. The highest BCUT2D eigenvalue weighted by Gasteiger charge is 2.22. The van der Waals surface area contributed by atoms with Gasteiger partial charge in [0.25, 0.3) is 5.91 Å². The zero-order valence-corrected chi connectivity index (χ0v) is 22.5. The van der Waals surface area contributed by atoms with Gasteiger partial charge in [-0.1, -0.05) is 36.4 Å². The third-order valence-electron chi connectivity index (χ3n) is 5.52. The molecule has 3 amide bonds. The molecule has 0 aliphatic carbocycles. The second kappa shape index (κ2) is 12.9.